The Morgan fingerprint density at radius 2 is 1.94 bits per heavy atom. The number of halogens is 1. The third-order valence-corrected chi connectivity index (χ3v) is 5.88. The minimum Gasteiger partial charge on any atom is -0.494 e. The number of hydrogen-bond acceptors (Lipinski definition) is 8. The molecule has 0 radical (unpaired) electrons. The summed E-state index contributed by atoms with van der Waals surface area (Å²) >= 11 is 0. The van der Waals surface area contributed by atoms with Crippen LogP contribution in [0.3, 0.4) is 0 Å². The second-order valence-corrected chi connectivity index (χ2v) is 8.16. The van der Waals surface area contributed by atoms with Gasteiger partial charge in [0.15, 0.2) is 11.6 Å². The van der Waals surface area contributed by atoms with E-state index in [2.05, 4.69) is 25.1 Å². The highest BCUT2D eigenvalue weighted by Crippen LogP contribution is 2.26. The summed E-state index contributed by atoms with van der Waals surface area (Å²) in [6.07, 6.45) is 6.95. The van der Waals surface area contributed by atoms with Gasteiger partial charge in [-0.05, 0) is 25.0 Å². The molecule has 4 rings (SSSR count). The van der Waals surface area contributed by atoms with E-state index >= 15 is 4.39 Å². The van der Waals surface area contributed by atoms with Crippen molar-refractivity contribution in [1.29, 1.82) is 5.26 Å². The molecule has 0 aliphatic carbocycles. The lowest BCUT2D eigenvalue weighted by molar-refractivity contribution is 0.0722. The van der Waals surface area contributed by atoms with Crippen LogP contribution in [-0.2, 0) is 24.4 Å². The van der Waals surface area contributed by atoms with Crippen molar-refractivity contribution < 1.29 is 18.7 Å². The van der Waals surface area contributed by atoms with Crippen molar-refractivity contribution in [3.8, 4) is 11.8 Å². The van der Waals surface area contributed by atoms with E-state index < -0.39 is 11.7 Å². The molecule has 1 aliphatic rings. The van der Waals surface area contributed by atoms with Crippen LogP contribution in [0.4, 0.5) is 10.3 Å². The van der Waals surface area contributed by atoms with E-state index in [1.165, 1.54) is 37.4 Å². The van der Waals surface area contributed by atoms with Gasteiger partial charge in [0, 0.05) is 50.3 Å². The largest absolute Gasteiger partial charge is 0.494 e. The van der Waals surface area contributed by atoms with Crippen molar-refractivity contribution >= 4 is 11.9 Å². The Labute approximate surface area is 202 Å². The number of benzene rings is 1. The first-order valence-electron chi connectivity index (χ1n) is 11.2. The molecule has 1 fully saturated rings. The number of nitrogens with zero attached hydrogens (tertiary/aromatic N) is 6. The molecule has 35 heavy (non-hydrogen) atoms. The summed E-state index contributed by atoms with van der Waals surface area (Å²) in [6.45, 7) is 1.91. The molecule has 0 saturated carbocycles. The van der Waals surface area contributed by atoms with Gasteiger partial charge in [0.05, 0.1) is 49.3 Å². The molecule has 10 nitrogen and oxygen atoms in total. The van der Waals surface area contributed by atoms with Gasteiger partial charge in [-0.2, -0.15) is 10.4 Å². The Morgan fingerprint density at radius 3 is 2.60 bits per heavy atom. The zero-order chi connectivity index (χ0) is 24.8. The molecule has 3 heterocycles. The van der Waals surface area contributed by atoms with Gasteiger partial charge in [-0.1, -0.05) is 0 Å². The predicted octanol–water partition coefficient (Wildman–Crippen LogP) is 2.81. The molecular formula is C24H26FN7O3. The molecule has 1 N–H and O–H groups in total. The van der Waals surface area contributed by atoms with E-state index in [0.717, 1.165) is 25.9 Å². The standard InChI is InChI=1S/C24H26FN7O3/c1-34-15-20-18(12-29-30-20)23(33)32(14-19-17(9-26)5-6-21(35-2)22(19)25)13-16-10-27-24(28-11-16)31-7-3-4-8-31/h5-6,10-12H,3-4,7-8,13-15H2,1-2H3,(H,29,30). The maximum atomic E-state index is 15.2. The molecule has 0 unspecified atom stereocenters. The number of nitrogens with one attached hydrogen (secondary N) is 1. The molecule has 0 bridgehead atoms. The van der Waals surface area contributed by atoms with Crippen molar-refractivity contribution in [2.75, 3.05) is 32.2 Å². The van der Waals surface area contributed by atoms with E-state index in [9.17, 15) is 10.1 Å². The SMILES string of the molecule is COCc1[nH]ncc1C(=O)N(Cc1cnc(N2CCCC2)nc1)Cc1c(C#N)ccc(OC)c1F. The van der Waals surface area contributed by atoms with Crippen LogP contribution in [0.1, 0.15) is 45.6 Å². The second-order valence-electron chi connectivity index (χ2n) is 8.16. The highest BCUT2D eigenvalue weighted by atomic mass is 19.1. The monoisotopic (exact) mass is 479 g/mol. The lowest BCUT2D eigenvalue weighted by Gasteiger charge is -2.24. The number of rotatable bonds is 9. The van der Waals surface area contributed by atoms with E-state index in [4.69, 9.17) is 9.47 Å². The van der Waals surface area contributed by atoms with Gasteiger partial charge < -0.3 is 19.3 Å². The molecule has 1 aliphatic heterocycles. The topological polar surface area (TPSA) is 120 Å². The van der Waals surface area contributed by atoms with Crippen molar-refractivity contribution in [1.82, 2.24) is 25.1 Å². The number of methoxy groups -OCH3 is 2. The number of carbonyl (C=O) groups excluding carboxylic acids is 1. The summed E-state index contributed by atoms with van der Waals surface area (Å²) in [5.41, 5.74) is 1.63. The third kappa shape index (κ3) is 5.22. The van der Waals surface area contributed by atoms with Crippen molar-refractivity contribution in [2.45, 2.75) is 32.5 Å². The molecule has 11 heteroatoms. The average molecular weight is 480 g/mol. The highest BCUT2D eigenvalue weighted by molar-refractivity contribution is 5.95. The Balaban J connectivity index is 1.67. The number of hydrogen-bond donors (Lipinski definition) is 1. The van der Waals surface area contributed by atoms with E-state index in [1.807, 2.05) is 6.07 Å². The maximum absolute atomic E-state index is 15.2. The van der Waals surface area contributed by atoms with Crippen LogP contribution in [0.15, 0.2) is 30.7 Å². The molecule has 1 amide bonds. The Kier molecular flexibility index (Phi) is 7.52. The van der Waals surface area contributed by atoms with Gasteiger partial charge in [0.1, 0.15) is 0 Å². The number of amides is 1. The third-order valence-electron chi connectivity index (χ3n) is 5.88. The number of nitriles is 1. The van der Waals surface area contributed by atoms with Crippen molar-refractivity contribution in [3.63, 3.8) is 0 Å². The normalized spacial score (nSPS) is 13.0. The quantitative estimate of drug-likeness (QED) is 0.497. The fraction of sp³-hybridized carbons (Fsp3) is 0.375. The van der Waals surface area contributed by atoms with Gasteiger partial charge in [0.25, 0.3) is 5.91 Å². The van der Waals surface area contributed by atoms with Gasteiger partial charge >= 0.3 is 0 Å². The maximum Gasteiger partial charge on any atom is 0.258 e. The fourth-order valence-electron chi connectivity index (χ4n) is 4.06. The van der Waals surface area contributed by atoms with Crippen LogP contribution in [0.25, 0.3) is 0 Å². The zero-order valence-corrected chi connectivity index (χ0v) is 19.6. The highest BCUT2D eigenvalue weighted by Gasteiger charge is 2.25. The zero-order valence-electron chi connectivity index (χ0n) is 19.6. The molecule has 0 spiro atoms. The number of ether oxygens (including phenoxy) is 2. The minimum atomic E-state index is -0.686. The summed E-state index contributed by atoms with van der Waals surface area (Å²) in [7, 11) is 2.86. The molecular weight excluding hydrogens is 453 g/mol. The number of H-pyrrole nitrogens is 1. The molecule has 1 aromatic carbocycles. The van der Waals surface area contributed by atoms with Crippen LogP contribution < -0.4 is 9.64 Å². The summed E-state index contributed by atoms with van der Waals surface area (Å²) in [5.74, 6) is -0.449. The van der Waals surface area contributed by atoms with Crippen LogP contribution in [0, 0.1) is 17.1 Å². The van der Waals surface area contributed by atoms with Crippen LogP contribution in [-0.4, -0.2) is 58.3 Å². The summed E-state index contributed by atoms with van der Waals surface area (Å²) in [4.78, 5) is 26.0. The van der Waals surface area contributed by atoms with E-state index in [0.29, 0.717) is 22.8 Å². The van der Waals surface area contributed by atoms with Crippen LogP contribution in [0.2, 0.25) is 0 Å². The summed E-state index contributed by atoms with van der Waals surface area (Å²) < 4.78 is 25.4. The molecule has 0 atom stereocenters. The van der Waals surface area contributed by atoms with Gasteiger partial charge in [-0.25, -0.2) is 14.4 Å². The lowest BCUT2D eigenvalue weighted by atomic mass is 10.1. The van der Waals surface area contributed by atoms with Crippen molar-refractivity contribution in [2.24, 2.45) is 0 Å². The van der Waals surface area contributed by atoms with Crippen molar-refractivity contribution in [3.05, 3.63) is 64.5 Å². The first kappa shape index (κ1) is 24.1. The molecule has 3 aromatic rings. The smallest absolute Gasteiger partial charge is 0.258 e. The molecule has 1 saturated heterocycles. The average Bonchev–Trinajstić information content (AvgIpc) is 3.57. The van der Waals surface area contributed by atoms with Gasteiger partial charge in [-0.15, -0.1) is 0 Å². The number of carbonyl (C=O) groups is 1. The van der Waals surface area contributed by atoms with Gasteiger partial charge in [0.2, 0.25) is 5.95 Å². The Morgan fingerprint density at radius 1 is 1.20 bits per heavy atom. The Bertz CT molecular complexity index is 1220. The first-order chi connectivity index (χ1) is 17.0. The number of aromatic nitrogens is 4. The van der Waals surface area contributed by atoms with Gasteiger partial charge in [-0.3, -0.25) is 9.89 Å². The summed E-state index contributed by atoms with van der Waals surface area (Å²) in [5, 5.41) is 16.3. The Hall–Kier alpha value is -4.04. The fourth-order valence-corrected chi connectivity index (χ4v) is 4.06. The minimum absolute atomic E-state index is 0.00641. The van der Waals surface area contributed by atoms with E-state index in [-0.39, 0.29) is 36.6 Å². The molecule has 182 valence electrons. The van der Waals surface area contributed by atoms with E-state index in [1.54, 1.807) is 12.4 Å². The summed E-state index contributed by atoms with van der Waals surface area (Å²) in [6, 6.07) is 4.86. The second kappa shape index (κ2) is 10.9. The molecule has 2 aromatic heterocycles. The van der Waals surface area contributed by atoms with Crippen LogP contribution >= 0.6 is 0 Å². The predicted molar refractivity (Wildman–Crippen MR) is 124 cm³/mol. The van der Waals surface area contributed by atoms with Crippen LogP contribution in [0.5, 0.6) is 5.75 Å². The lowest BCUT2D eigenvalue weighted by Crippen LogP contribution is -2.31. The number of anilines is 1. The number of aromatic amines is 1. The first-order valence-corrected chi connectivity index (χ1v) is 11.2.